The van der Waals surface area contributed by atoms with E-state index in [4.69, 9.17) is 10.3 Å². The molecular weight excluding hydrogens is 222 g/mol. The zero-order chi connectivity index (χ0) is 12.3. The van der Waals surface area contributed by atoms with Crippen LogP contribution in [0.5, 0.6) is 0 Å². The molecule has 0 bridgehead atoms. The Morgan fingerprint density at radius 3 is 2.65 bits per heavy atom. The lowest BCUT2D eigenvalue weighted by Crippen LogP contribution is -2.10. The summed E-state index contributed by atoms with van der Waals surface area (Å²) in [6, 6.07) is 8.68. The fourth-order valence-corrected chi connectivity index (χ4v) is 1.32. The number of rotatable bonds is 2. The van der Waals surface area contributed by atoms with Gasteiger partial charge >= 0.3 is 6.09 Å². The van der Waals surface area contributed by atoms with Crippen molar-refractivity contribution in [3.8, 4) is 11.3 Å². The average Bonchev–Trinajstić information content (AvgIpc) is 2.77. The van der Waals surface area contributed by atoms with Crippen LogP contribution in [0.1, 0.15) is 0 Å². The Balaban J connectivity index is 2.15. The molecule has 0 aliphatic heterocycles. The van der Waals surface area contributed by atoms with Gasteiger partial charge in [0.1, 0.15) is 5.69 Å². The van der Waals surface area contributed by atoms with Gasteiger partial charge in [0.2, 0.25) is 5.88 Å². The highest BCUT2D eigenvalue weighted by Crippen LogP contribution is 2.21. The van der Waals surface area contributed by atoms with Gasteiger partial charge < -0.3 is 15.0 Å². The van der Waals surface area contributed by atoms with Gasteiger partial charge in [0.05, 0.1) is 7.11 Å². The Kier molecular flexibility index (Phi) is 2.95. The molecule has 1 heterocycles. The second kappa shape index (κ2) is 4.56. The van der Waals surface area contributed by atoms with Crippen molar-refractivity contribution < 1.29 is 14.1 Å². The first-order valence-corrected chi connectivity index (χ1v) is 4.86. The van der Waals surface area contributed by atoms with E-state index in [1.807, 2.05) is 0 Å². The van der Waals surface area contributed by atoms with Gasteiger partial charge in [-0.25, -0.2) is 4.79 Å². The second-order valence-corrected chi connectivity index (χ2v) is 3.31. The number of hydrogen-bond acceptors (Lipinski definition) is 5. The number of carbonyl (C=O) groups is 1. The summed E-state index contributed by atoms with van der Waals surface area (Å²) < 4.78 is 9.25. The highest BCUT2D eigenvalue weighted by molar-refractivity contribution is 5.84. The number of nitrogens with zero attached hydrogens (tertiary/aromatic N) is 1. The summed E-state index contributed by atoms with van der Waals surface area (Å²) in [6.45, 7) is 0. The molecule has 0 unspecified atom stereocenters. The highest BCUT2D eigenvalue weighted by Gasteiger charge is 2.05. The van der Waals surface area contributed by atoms with E-state index in [-0.39, 0.29) is 5.88 Å². The Hall–Kier alpha value is -2.50. The molecule has 2 rings (SSSR count). The van der Waals surface area contributed by atoms with Crippen molar-refractivity contribution in [2.24, 2.45) is 0 Å². The van der Waals surface area contributed by atoms with Crippen molar-refractivity contribution in [3.05, 3.63) is 30.3 Å². The van der Waals surface area contributed by atoms with Gasteiger partial charge in [-0.15, -0.1) is 0 Å². The minimum atomic E-state index is -0.511. The summed E-state index contributed by atoms with van der Waals surface area (Å²) in [5.74, 6) is 0.261. The topological polar surface area (TPSA) is 90.4 Å². The molecule has 0 fully saturated rings. The second-order valence-electron chi connectivity index (χ2n) is 3.31. The maximum absolute atomic E-state index is 11.0. The molecule has 0 saturated heterocycles. The molecule has 0 aliphatic carbocycles. The summed E-state index contributed by atoms with van der Waals surface area (Å²) >= 11 is 0. The molecular formula is C11H11N3O3. The van der Waals surface area contributed by atoms with Crippen molar-refractivity contribution in [1.29, 1.82) is 0 Å². The van der Waals surface area contributed by atoms with Gasteiger partial charge in [-0.2, -0.15) is 0 Å². The Morgan fingerprint density at radius 2 is 2.12 bits per heavy atom. The van der Waals surface area contributed by atoms with E-state index >= 15 is 0 Å². The number of nitrogen functional groups attached to an aromatic ring is 1. The van der Waals surface area contributed by atoms with Crippen LogP contribution >= 0.6 is 0 Å². The normalized spacial score (nSPS) is 9.94. The van der Waals surface area contributed by atoms with Crippen LogP contribution in [0.25, 0.3) is 11.3 Å². The van der Waals surface area contributed by atoms with Crippen LogP contribution in [-0.2, 0) is 4.74 Å². The third-order valence-electron chi connectivity index (χ3n) is 2.14. The van der Waals surface area contributed by atoms with E-state index in [9.17, 15) is 4.79 Å². The van der Waals surface area contributed by atoms with Gasteiger partial charge in [0.25, 0.3) is 0 Å². The van der Waals surface area contributed by atoms with Crippen LogP contribution < -0.4 is 11.1 Å². The molecule has 3 N–H and O–H groups in total. The van der Waals surface area contributed by atoms with Crippen molar-refractivity contribution in [1.82, 2.24) is 5.16 Å². The molecule has 0 radical (unpaired) electrons. The smallest absolute Gasteiger partial charge is 0.411 e. The van der Waals surface area contributed by atoms with Crippen molar-refractivity contribution >= 4 is 17.7 Å². The summed E-state index contributed by atoms with van der Waals surface area (Å²) in [4.78, 5) is 11.0. The van der Waals surface area contributed by atoms with Crippen LogP contribution in [0.3, 0.4) is 0 Å². The van der Waals surface area contributed by atoms with Crippen LogP contribution in [0.15, 0.2) is 34.9 Å². The first kappa shape index (κ1) is 11.0. The molecule has 0 spiro atoms. The molecule has 1 amide bonds. The van der Waals surface area contributed by atoms with E-state index in [0.717, 1.165) is 5.56 Å². The van der Waals surface area contributed by atoms with Crippen LogP contribution in [0, 0.1) is 0 Å². The lowest BCUT2D eigenvalue weighted by atomic mass is 10.1. The van der Waals surface area contributed by atoms with Crippen molar-refractivity contribution in [2.75, 3.05) is 18.2 Å². The molecule has 17 heavy (non-hydrogen) atoms. The van der Waals surface area contributed by atoms with E-state index in [1.165, 1.54) is 7.11 Å². The predicted octanol–water partition coefficient (Wildman–Crippen LogP) is 2.10. The van der Waals surface area contributed by atoms with Gasteiger partial charge in [0.15, 0.2) is 0 Å². The zero-order valence-corrected chi connectivity index (χ0v) is 9.14. The lowest BCUT2D eigenvalue weighted by molar-refractivity contribution is 0.187. The minimum absolute atomic E-state index is 0.261. The fraction of sp³-hybridized carbons (Fsp3) is 0.0909. The number of hydrogen-bond donors (Lipinski definition) is 2. The SMILES string of the molecule is COC(=O)Nc1ccc(-c2cc(N)on2)cc1. The molecule has 2 aromatic rings. The van der Waals surface area contributed by atoms with Crippen LogP contribution in [0.4, 0.5) is 16.4 Å². The van der Waals surface area contributed by atoms with Gasteiger partial charge in [-0.1, -0.05) is 17.3 Å². The number of nitrogens with one attached hydrogen (secondary N) is 1. The Bertz CT molecular complexity index is 519. The molecule has 6 nitrogen and oxygen atoms in total. The number of nitrogens with two attached hydrogens (primary N) is 1. The quantitative estimate of drug-likeness (QED) is 0.828. The number of aromatic nitrogens is 1. The highest BCUT2D eigenvalue weighted by atomic mass is 16.5. The number of carbonyl (C=O) groups excluding carboxylic acids is 1. The van der Waals surface area contributed by atoms with Crippen LogP contribution in [-0.4, -0.2) is 18.4 Å². The molecule has 6 heteroatoms. The molecule has 1 aromatic heterocycles. The first-order valence-electron chi connectivity index (χ1n) is 4.86. The van der Waals surface area contributed by atoms with E-state index < -0.39 is 6.09 Å². The Morgan fingerprint density at radius 1 is 1.41 bits per heavy atom. The van der Waals surface area contributed by atoms with Crippen molar-refractivity contribution in [2.45, 2.75) is 0 Å². The van der Waals surface area contributed by atoms with E-state index in [1.54, 1.807) is 30.3 Å². The van der Waals surface area contributed by atoms with Gasteiger partial charge in [0, 0.05) is 17.3 Å². The third kappa shape index (κ3) is 2.54. The number of methoxy groups -OCH3 is 1. The standard InChI is InChI=1S/C11H11N3O3/c1-16-11(15)13-8-4-2-7(3-5-8)9-6-10(12)17-14-9/h2-6H,12H2,1H3,(H,13,15). The number of anilines is 2. The van der Waals surface area contributed by atoms with Crippen LogP contribution in [0.2, 0.25) is 0 Å². The molecule has 1 aromatic carbocycles. The Labute approximate surface area is 97.3 Å². The number of ether oxygens (including phenoxy) is 1. The summed E-state index contributed by atoms with van der Waals surface area (Å²) in [5, 5.41) is 6.33. The van der Waals surface area contributed by atoms with Crippen molar-refractivity contribution in [3.63, 3.8) is 0 Å². The molecule has 0 saturated carbocycles. The predicted molar refractivity (Wildman–Crippen MR) is 62.4 cm³/mol. The largest absolute Gasteiger partial charge is 0.453 e. The monoisotopic (exact) mass is 233 g/mol. The zero-order valence-electron chi connectivity index (χ0n) is 9.14. The summed E-state index contributed by atoms with van der Waals surface area (Å²) in [5.41, 5.74) is 7.56. The maximum atomic E-state index is 11.0. The minimum Gasteiger partial charge on any atom is -0.453 e. The number of amides is 1. The number of benzene rings is 1. The lowest BCUT2D eigenvalue weighted by Gasteiger charge is -2.03. The first-order chi connectivity index (χ1) is 8.19. The fourth-order valence-electron chi connectivity index (χ4n) is 1.32. The van der Waals surface area contributed by atoms with Gasteiger partial charge in [-0.05, 0) is 12.1 Å². The summed E-state index contributed by atoms with van der Waals surface area (Å²) in [7, 11) is 1.31. The molecule has 0 aliphatic rings. The average molecular weight is 233 g/mol. The van der Waals surface area contributed by atoms with E-state index in [2.05, 4.69) is 15.2 Å². The third-order valence-corrected chi connectivity index (χ3v) is 2.14. The molecule has 88 valence electrons. The van der Waals surface area contributed by atoms with Gasteiger partial charge in [-0.3, -0.25) is 5.32 Å². The van der Waals surface area contributed by atoms with E-state index in [0.29, 0.717) is 11.4 Å². The summed E-state index contributed by atoms with van der Waals surface area (Å²) in [6.07, 6.45) is -0.511. The molecule has 0 atom stereocenters. The maximum Gasteiger partial charge on any atom is 0.411 e.